The molecule has 5 heteroatoms. The Kier molecular flexibility index (Phi) is 4.14. The first kappa shape index (κ1) is 13.2. The molecule has 2 aromatic rings. The Morgan fingerprint density at radius 3 is 2.28 bits per heavy atom. The topological polar surface area (TPSA) is 29.1 Å². The van der Waals surface area contributed by atoms with E-state index >= 15 is 0 Å². The molecule has 0 atom stereocenters. The number of carbonyl (C=O) groups is 1. The van der Waals surface area contributed by atoms with Crippen LogP contribution in [0.4, 0.5) is 10.1 Å². The van der Waals surface area contributed by atoms with Gasteiger partial charge >= 0.3 is 0 Å². The fourth-order valence-corrected chi connectivity index (χ4v) is 2.01. The summed E-state index contributed by atoms with van der Waals surface area (Å²) in [6.45, 7) is 0. The summed E-state index contributed by atoms with van der Waals surface area (Å²) >= 11 is 6.51. The zero-order valence-corrected chi connectivity index (χ0v) is 12.3. The van der Waals surface area contributed by atoms with Crippen LogP contribution >= 0.6 is 31.9 Å². The summed E-state index contributed by atoms with van der Waals surface area (Å²) in [4.78, 5) is 11.9. The van der Waals surface area contributed by atoms with Crippen molar-refractivity contribution in [3.8, 4) is 0 Å². The highest BCUT2D eigenvalue weighted by atomic mass is 79.9. The van der Waals surface area contributed by atoms with Gasteiger partial charge in [0, 0.05) is 14.5 Å². The molecule has 2 aromatic carbocycles. The summed E-state index contributed by atoms with van der Waals surface area (Å²) < 4.78 is 15.1. The summed E-state index contributed by atoms with van der Waals surface area (Å²) in [7, 11) is 0. The van der Waals surface area contributed by atoms with Crippen molar-refractivity contribution in [2.24, 2.45) is 0 Å². The third-order valence-electron chi connectivity index (χ3n) is 2.28. The van der Waals surface area contributed by atoms with Gasteiger partial charge in [0.25, 0.3) is 5.91 Å². The third-order valence-corrected chi connectivity index (χ3v) is 3.30. The average molecular weight is 373 g/mol. The van der Waals surface area contributed by atoms with E-state index in [1.165, 1.54) is 12.1 Å². The summed E-state index contributed by atoms with van der Waals surface area (Å²) in [5.41, 5.74) is 0.620. The van der Waals surface area contributed by atoms with Crippen molar-refractivity contribution in [3.63, 3.8) is 0 Å². The Morgan fingerprint density at radius 1 is 1.00 bits per heavy atom. The predicted molar refractivity (Wildman–Crippen MR) is 76.2 cm³/mol. The number of amides is 1. The lowest BCUT2D eigenvalue weighted by atomic mass is 10.2. The van der Waals surface area contributed by atoms with Crippen LogP contribution in [0.3, 0.4) is 0 Å². The lowest BCUT2D eigenvalue weighted by Crippen LogP contribution is -2.12. The van der Waals surface area contributed by atoms with Crippen molar-refractivity contribution >= 4 is 43.5 Å². The lowest BCUT2D eigenvalue weighted by Gasteiger charge is -2.07. The van der Waals surface area contributed by atoms with Gasteiger partial charge in [0.1, 0.15) is 5.82 Å². The van der Waals surface area contributed by atoms with Crippen molar-refractivity contribution < 1.29 is 9.18 Å². The minimum atomic E-state index is -0.469. The molecule has 2 nitrogen and oxygen atoms in total. The van der Waals surface area contributed by atoms with Crippen LogP contribution in [0, 0.1) is 5.82 Å². The number of hydrogen-bond donors (Lipinski definition) is 1. The molecule has 0 aliphatic carbocycles. The molecule has 1 N–H and O–H groups in total. The van der Waals surface area contributed by atoms with Gasteiger partial charge in [0.15, 0.2) is 0 Å². The largest absolute Gasteiger partial charge is 0.319 e. The van der Waals surface area contributed by atoms with E-state index < -0.39 is 5.82 Å². The third kappa shape index (κ3) is 3.17. The maximum atomic E-state index is 13.5. The standard InChI is InChI=1S/C13H8Br2FNO/c14-9-3-1-8(2-4-9)13(18)17-12-7-10(15)5-6-11(12)16/h1-7H,(H,17,18). The van der Waals surface area contributed by atoms with Crippen LogP contribution in [0.5, 0.6) is 0 Å². The van der Waals surface area contributed by atoms with Crippen LogP contribution in [-0.2, 0) is 0 Å². The Hall–Kier alpha value is -1.20. The van der Waals surface area contributed by atoms with E-state index in [9.17, 15) is 9.18 Å². The first-order valence-corrected chi connectivity index (χ1v) is 6.67. The average Bonchev–Trinajstić information content (AvgIpc) is 2.34. The normalized spacial score (nSPS) is 10.2. The minimum absolute atomic E-state index is 0.150. The number of carbonyl (C=O) groups excluding carboxylic acids is 1. The van der Waals surface area contributed by atoms with Crippen molar-refractivity contribution in [2.45, 2.75) is 0 Å². The number of anilines is 1. The molecule has 0 aliphatic heterocycles. The van der Waals surface area contributed by atoms with Crippen LogP contribution < -0.4 is 5.32 Å². The highest BCUT2D eigenvalue weighted by Gasteiger charge is 2.09. The number of rotatable bonds is 2. The highest BCUT2D eigenvalue weighted by Crippen LogP contribution is 2.21. The van der Waals surface area contributed by atoms with Gasteiger partial charge in [-0.05, 0) is 42.5 Å². The Morgan fingerprint density at radius 2 is 1.61 bits per heavy atom. The molecule has 0 spiro atoms. The molecule has 0 aromatic heterocycles. The van der Waals surface area contributed by atoms with E-state index in [-0.39, 0.29) is 11.6 Å². The van der Waals surface area contributed by atoms with Crippen LogP contribution in [0.2, 0.25) is 0 Å². The van der Waals surface area contributed by atoms with Crippen LogP contribution in [0.1, 0.15) is 10.4 Å². The monoisotopic (exact) mass is 371 g/mol. The van der Waals surface area contributed by atoms with E-state index in [0.29, 0.717) is 10.0 Å². The van der Waals surface area contributed by atoms with Crippen LogP contribution in [0.25, 0.3) is 0 Å². The first-order chi connectivity index (χ1) is 8.56. The van der Waals surface area contributed by atoms with Crippen molar-refractivity contribution in [1.82, 2.24) is 0 Å². The van der Waals surface area contributed by atoms with Crippen molar-refractivity contribution in [2.75, 3.05) is 5.32 Å². The molecule has 0 bridgehead atoms. The zero-order chi connectivity index (χ0) is 13.1. The lowest BCUT2D eigenvalue weighted by molar-refractivity contribution is 0.102. The van der Waals surface area contributed by atoms with E-state index in [1.54, 1.807) is 30.3 Å². The second-order valence-electron chi connectivity index (χ2n) is 3.59. The molecule has 0 saturated carbocycles. The zero-order valence-electron chi connectivity index (χ0n) is 9.08. The molecule has 1 amide bonds. The Balaban J connectivity index is 2.21. The number of halogens is 3. The number of hydrogen-bond acceptors (Lipinski definition) is 1. The molecule has 92 valence electrons. The van der Waals surface area contributed by atoms with Gasteiger partial charge in [-0.25, -0.2) is 4.39 Å². The van der Waals surface area contributed by atoms with Gasteiger partial charge in [-0.1, -0.05) is 31.9 Å². The van der Waals surface area contributed by atoms with Crippen LogP contribution in [-0.4, -0.2) is 5.91 Å². The molecular formula is C13H8Br2FNO. The summed E-state index contributed by atoms with van der Waals surface area (Å²) in [5, 5.41) is 2.53. The number of nitrogens with one attached hydrogen (secondary N) is 1. The van der Waals surface area contributed by atoms with Gasteiger partial charge < -0.3 is 5.32 Å². The van der Waals surface area contributed by atoms with Crippen LogP contribution in [0.15, 0.2) is 51.4 Å². The second-order valence-corrected chi connectivity index (χ2v) is 5.42. The molecule has 0 heterocycles. The summed E-state index contributed by atoms with van der Waals surface area (Å²) in [6, 6.07) is 11.2. The molecule has 0 unspecified atom stereocenters. The molecule has 0 aliphatic rings. The van der Waals surface area contributed by atoms with E-state index in [2.05, 4.69) is 37.2 Å². The fourth-order valence-electron chi connectivity index (χ4n) is 1.39. The predicted octanol–water partition coefficient (Wildman–Crippen LogP) is 4.60. The first-order valence-electron chi connectivity index (χ1n) is 5.08. The molecular weight excluding hydrogens is 365 g/mol. The Labute approximate surface area is 120 Å². The van der Waals surface area contributed by atoms with Crippen molar-refractivity contribution in [3.05, 3.63) is 62.8 Å². The maximum Gasteiger partial charge on any atom is 0.255 e. The van der Waals surface area contributed by atoms with E-state index in [0.717, 1.165) is 4.47 Å². The SMILES string of the molecule is O=C(Nc1cc(Br)ccc1F)c1ccc(Br)cc1. The quantitative estimate of drug-likeness (QED) is 0.819. The maximum absolute atomic E-state index is 13.5. The second kappa shape index (κ2) is 5.63. The number of benzene rings is 2. The van der Waals surface area contributed by atoms with Gasteiger partial charge in [-0.2, -0.15) is 0 Å². The van der Waals surface area contributed by atoms with Gasteiger partial charge in [-0.15, -0.1) is 0 Å². The van der Waals surface area contributed by atoms with Gasteiger partial charge in [0.05, 0.1) is 5.69 Å². The molecule has 0 fully saturated rings. The van der Waals surface area contributed by atoms with Crippen molar-refractivity contribution in [1.29, 1.82) is 0 Å². The highest BCUT2D eigenvalue weighted by molar-refractivity contribution is 9.10. The summed E-state index contributed by atoms with van der Waals surface area (Å²) in [5.74, 6) is -0.817. The molecule has 2 rings (SSSR count). The van der Waals surface area contributed by atoms with E-state index in [1.807, 2.05) is 0 Å². The van der Waals surface area contributed by atoms with E-state index in [4.69, 9.17) is 0 Å². The summed E-state index contributed by atoms with van der Waals surface area (Å²) in [6.07, 6.45) is 0. The molecule has 18 heavy (non-hydrogen) atoms. The van der Waals surface area contributed by atoms with Gasteiger partial charge in [-0.3, -0.25) is 4.79 Å². The smallest absolute Gasteiger partial charge is 0.255 e. The minimum Gasteiger partial charge on any atom is -0.319 e. The van der Waals surface area contributed by atoms with Gasteiger partial charge in [0.2, 0.25) is 0 Å². The Bertz CT molecular complexity index is 584. The molecule has 0 radical (unpaired) electrons. The fraction of sp³-hybridized carbons (Fsp3) is 0. The molecule has 0 saturated heterocycles.